The highest BCUT2D eigenvalue weighted by Crippen LogP contribution is 2.24. The molecule has 1 atom stereocenters. The topological polar surface area (TPSA) is 58.6 Å². The Morgan fingerprint density at radius 3 is 2.90 bits per heavy atom. The van der Waals surface area contributed by atoms with Crippen molar-refractivity contribution in [1.29, 1.82) is 0 Å². The van der Waals surface area contributed by atoms with Crippen molar-refractivity contribution in [2.45, 2.75) is 64.5 Å². The number of benzene rings is 1. The second-order valence-corrected chi connectivity index (χ2v) is 8.75. The van der Waals surface area contributed by atoms with E-state index in [1.54, 1.807) is 0 Å². The van der Waals surface area contributed by atoms with Crippen molar-refractivity contribution >= 4 is 5.91 Å². The average Bonchev–Trinajstić information content (AvgIpc) is 2.78. The van der Waals surface area contributed by atoms with Crippen LogP contribution in [0.15, 0.2) is 36.5 Å². The predicted molar refractivity (Wildman–Crippen MR) is 121 cm³/mol. The molecule has 2 bridgehead atoms. The maximum Gasteiger partial charge on any atom is 0.222 e. The van der Waals surface area contributed by atoms with Gasteiger partial charge in [-0.25, -0.2) is 9.97 Å². The summed E-state index contributed by atoms with van der Waals surface area (Å²) in [6.45, 7) is 5.85. The lowest BCUT2D eigenvalue weighted by atomic mass is 9.95. The lowest BCUT2D eigenvalue weighted by molar-refractivity contribution is -0.135. The summed E-state index contributed by atoms with van der Waals surface area (Å²) in [7, 11) is 0. The van der Waals surface area contributed by atoms with E-state index >= 15 is 0 Å². The van der Waals surface area contributed by atoms with Crippen LogP contribution in [0.25, 0.3) is 0 Å². The third-order valence-corrected chi connectivity index (χ3v) is 6.37. The normalized spacial score (nSPS) is 21.5. The monoisotopic (exact) mass is 422 g/mol. The quantitative estimate of drug-likeness (QED) is 0.737. The summed E-state index contributed by atoms with van der Waals surface area (Å²) in [4.78, 5) is 26.3. The maximum absolute atomic E-state index is 13.0. The number of aromatic nitrogens is 2. The van der Waals surface area contributed by atoms with E-state index in [9.17, 15) is 4.79 Å². The average molecular weight is 423 g/mol. The van der Waals surface area contributed by atoms with Gasteiger partial charge in [0.15, 0.2) is 0 Å². The zero-order valence-corrected chi connectivity index (χ0v) is 18.6. The van der Waals surface area contributed by atoms with Crippen LogP contribution in [0.2, 0.25) is 0 Å². The summed E-state index contributed by atoms with van der Waals surface area (Å²) in [6.07, 6.45) is 8.80. The molecule has 0 saturated carbocycles. The molecule has 1 aromatic heterocycles. The van der Waals surface area contributed by atoms with Gasteiger partial charge in [0.05, 0.1) is 5.69 Å². The predicted octanol–water partition coefficient (Wildman–Crippen LogP) is 3.77. The molecule has 0 radical (unpaired) electrons. The maximum atomic E-state index is 13.0. The molecule has 1 unspecified atom stereocenters. The lowest BCUT2D eigenvalue weighted by Crippen LogP contribution is -2.44. The first-order valence-electron chi connectivity index (χ1n) is 11.7. The van der Waals surface area contributed by atoms with Crippen LogP contribution in [0, 0.1) is 6.92 Å². The molecule has 0 aliphatic carbocycles. The standard InChI is InChI=1S/C25H34N4O2/c1-20-26-13-12-22(27-20)19-28-14-5-9-25(30)29-15-3-2-7-23(29)11-10-21-6-4-8-24(18-21)31-17-16-28/h4,6,8,12-13,18,23H,2-3,5,7,9-11,14-17,19H2,1H3. The van der Waals surface area contributed by atoms with Crippen molar-refractivity contribution in [3.05, 3.63) is 53.6 Å². The van der Waals surface area contributed by atoms with Gasteiger partial charge in [-0.05, 0) is 75.8 Å². The van der Waals surface area contributed by atoms with Gasteiger partial charge < -0.3 is 9.64 Å². The van der Waals surface area contributed by atoms with Crippen LogP contribution in [0.4, 0.5) is 0 Å². The molecule has 0 spiro atoms. The number of fused-ring (bicyclic) bond motifs is 3. The molecule has 2 aliphatic rings. The highest BCUT2D eigenvalue weighted by molar-refractivity contribution is 5.76. The van der Waals surface area contributed by atoms with Crippen LogP contribution in [-0.4, -0.2) is 58.0 Å². The molecule has 31 heavy (non-hydrogen) atoms. The number of amides is 1. The number of carbonyl (C=O) groups excluding carboxylic acids is 1. The Kier molecular flexibility index (Phi) is 7.52. The van der Waals surface area contributed by atoms with Crippen LogP contribution >= 0.6 is 0 Å². The summed E-state index contributed by atoms with van der Waals surface area (Å²) in [6, 6.07) is 10.8. The summed E-state index contributed by atoms with van der Waals surface area (Å²) in [5, 5.41) is 0. The minimum Gasteiger partial charge on any atom is -0.492 e. The Balaban J connectivity index is 1.49. The minimum atomic E-state index is 0.322. The molecule has 1 saturated heterocycles. The number of rotatable bonds is 2. The first-order chi connectivity index (χ1) is 15.2. The number of ether oxygens (including phenoxy) is 1. The second-order valence-electron chi connectivity index (χ2n) is 8.75. The third-order valence-electron chi connectivity index (χ3n) is 6.37. The van der Waals surface area contributed by atoms with Crippen molar-refractivity contribution in [1.82, 2.24) is 19.8 Å². The molecule has 2 aliphatic heterocycles. The van der Waals surface area contributed by atoms with Crippen molar-refractivity contribution < 1.29 is 9.53 Å². The number of hydrogen-bond acceptors (Lipinski definition) is 5. The first-order valence-corrected chi connectivity index (χ1v) is 11.7. The molecule has 1 amide bonds. The van der Waals surface area contributed by atoms with Crippen LogP contribution < -0.4 is 4.74 Å². The fourth-order valence-electron chi connectivity index (χ4n) is 4.74. The van der Waals surface area contributed by atoms with Crippen molar-refractivity contribution in [2.75, 3.05) is 26.2 Å². The van der Waals surface area contributed by atoms with E-state index in [1.165, 1.54) is 12.0 Å². The third kappa shape index (κ3) is 6.26. The summed E-state index contributed by atoms with van der Waals surface area (Å²) < 4.78 is 6.09. The summed E-state index contributed by atoms with van der Waals surface area (Å²) in [5.74, 6) is 2.04. The molecule has 6 heteroatoms. The van der Waals surface area contributed by atoms with Gasteiger partial charge in [-0.1, -0.05) is 12.1 Å². The van der Waals surface area contributed by atoms with Crippen molar-refractivity contribution in [2.24, 2.45) is 0 Å². The number of piperidine rings is 1. The van der Waals surface area contributed by atoms with Crippen LogP contribution in [0.3, 0.4) is 0 Å². The molecule has 166 valence electrons. The molecule has 0 N–H and O–H groups in total. The fourth-order valence-corrected chi connectivity index (χ4v) is 4.74. The zero-order valence-electron chi connectivity index (χ0n) is 18.6. The number of hydrogen-bond donors (Lipinski definition) is 0. The fraction of sp³-hybridized carbons (Fsp3) is 0.560. The van der Waals surface area contributed by atoms with Crippen molar-refractivity contribution in [3.8, 4) is 5.75 Å². The molecular weight excluding hydrogens is 388 g/mol. The Bertz CT molecular complexity index is 872. The van der Waals surface area contributed by atoms with Gasteiger partial charge in [0, 0.05) is 38.3 Å². The minimum absolute atomic E-state index is 0.322. The van der Waals surface area contributed by atoms with Gasteiger partial charge in [0.1, 0.15) is 18.2 Å². The van der Waals surface area contributed by atoms with E-state index in [1.807, 2.05) is 25.3 Å². The molecule has 1 fully saturated rings. The number of nitrogens with zero attached hydrogens (tertiary/aromatic N) is 4. The van der Waals surface area contributed by atoms with E-state index in [0.29, 0.717) is 25.0 Å². The highest BCUT2D eigenvalue weighted by Gasteiger charge is 2.26. The Labute approximate surface area is 185 Å². The SMILES string of the molecule is Cc1nccc(CN2CCCC(=O)N3CCCCC3CCc3cccc(c3)OCC2)n1. The zero-order chi connectivity index (χ0) is 21.5. The summed E-state index contributed by atoms with van der Waals surface area (Å²) >= 11 is 0. The van der Waals surface area contributed by atoms with Crippen LogP contribution in [-0.2, 0) is 17.8 Å². The van der Waals surface area contributed by atoms with E-state index in [2.05, 4.69) is 38.0 Å². The number of aryl methyl sites for hydroxylation is 2. The van der Waals surface area contributed by atoms with Gasteiger partial charge in [-0.3, -0.25) is 9.69 Å². The van der Waals surface area contributed by atoms with Crippen LogP contribution in [0.5, 0.6) is 5.75 Å². The van der Waals surface area contributed by atoms with Gasteiger partial charge >= 0.3 is 0 Å². The molecular formula is C25H34N4O2. The largest absolute Gasteiger partial charge is 0.492 e. The Morgan fingerprint density at radius 1 is 1.06 bits per heavy atom. The van der Waals surface area contributed by atoms with Gasteiger partial charge in [-0.15, -0.1) is 0 Å². The van der Waals surface area contributed by atoms with E-state index in [4.69, 9.17) is 4.74 Å². The van der Waals surface area contributed by atoms with Gasteiger partial charge in [0.2, 0.25) is 5.91 Å². The molecule has 6 nitrogen and oxygen atoms in total. The summed E-state index contributed by atoms with van der Waals surface area (Å²) in [5.41, 5.74) is 2.30. The van der Waals surface area contributed by atoms with Crippen molar-refractivity contribution in [3.63, 3.8) is 0 Å². The molecule has 3 heterocycles. The van der Waals surface area contributed by atoms with E-state index in [0.717, 1.165) is 75.6 Å². The van der Waals surface area contributed by atoms with Gasteiger partial charge in [-0.2, -0.15) is 0 Å². The Hall–Kier alpha value is -2.47. The second kappa shape index (κ2) is 10.7. The van der Waals surface area contributed by atoms with E-state index < -0.39 is 0 Å². The molecule has 4 rings (SSSR count). The Morgan fingerprint density at radius 2 is 2.00 bits per heavy atom. The molecule has 1 aromatic carbocycles. The van der Waals surface area contributed by atoms with E-state index in [-0.39, 0.29) is 0 Å². The molecule has 2 aromatic rings. The first kappa shape index (κ1) is 21.8. The van der Waals surface area contributed by atoms with Crippen LogP contribution in [0.1, 0.15) is 55.6 Å². The number of carbonyl (C=O) groups is 1. The van der Waals surface area contributed by atoms with Gasteiger partial charge in [0.25, 0.3) is 0 Å². The highest BCUT2D eigenvalue weighted by atomic mass is 16.5. The lowest BCUT2D eigenvalue weighted by Gasteiger charge is -2.36. The smallest absolute Gasteiger partial charge is 0.222 e.